The number of hydrogen-bond acceptors (Lipinski definition) is 6. The molecule has 602 valence electrons. The Bertz CT molecular complexity index is 4930. The molecule has 5 fully saturated rings. The summed E-state index contributed by atoms with van der Waals surface area (Å²) < 4.78 is 27.2. The first-order valence-electron chi connectivity index (χ1n) is 43.2. The Balaban J connectivity index is 0.000000139. The number of aromatic nitrogens is 5. The lowest BCUT2D eigenvalue weighted by molar-refractivity contribution is -0.0381. The molecule has 5 aliphatic carbocycles. The van der Waals surface area contributed by atoms with Gasteiger partial charge >= 0.3 is 0 Å². The lowest BCUT2D eigenvalue weighted by atomic mass is 9.70. The zero-order valence-corrected chi connectivity index (χ0v) is 75.1. The van der Waals surface area contributed by atoms with Gasteiger partial charge in [-0.25, -0.2) is 8.78 Å². The number of pyridine rings is 5. The van der Waals surface area contributed by atoms with Crippen molar-refractivity contribution in [1.82, 2.24) is 24.9 Å². The van der Waals surface area contributed by atoms with E-state index in [9.17, 15) is 8.78 Å². The number of benzene rings is 5. The van der Waals surface area contributed by atoms with Gasteiger partial charge in [0.05, 0.1) is 33.3 Å². The van der Waals surface area contributed by atoms with Crippen LogP contribution in [0.15, 0.2) is 91.0 Å². The molecule has 5 aromatic heterocycles. The van der Waals surface area contributed by atoms with E-state index in [1.54, 1.807) is 5.56 Å². The number of anilines is 1. The van der Waals surface area contributed by atoms with Gasteiger partial charge in [-0.15, -0.1) is 0 Å². The molecular weight excluding hydrogens is 1370 g/mol. The van der Waals surface area contributed by atoms with Crippen LogP contribution in [0.5, 0.6) is 0 Å². The number of halogens is 2. The van der Waals surface area contributed by atoms with Crippen LogP contribution in [0.25, 0.3) is 54.5 Å². The maximum atomic E-state index is 13.6. The Morgan fingerprint density at radius 2 is 0.616 bits per heavy atom. The summed E-state index contributed by atoms with van der Waals surface area (Å²) in [6, 6.07) is 33.9. The third-order valence-corrected chi connectivity index (χ3v) is 26.7. The van der Waals surface area contributed by atoms with Crippen LogP contribution in [0.3, 0.4) is 0 Å². The molecule has 5 heterocycles. The summed E-state index contributed by atoms with van der Waals surface area (Å²) in [5, 5.41) is 6.52. The van der Waals surface area contributed by atoms with Gasteiger partial charge in [-0.3, -0.25) is 24.9 Å². The van der Waals surface area contributed by atoms with E-state index in [1.807, 2.05) is 19.9 Å². The topological polar surface area (TPSA) is 67.7 Å². The first-order valence-corrected chi connectivity index (χ1v) is 43.2. The fraction of sp³-hybridized carbons (Fsp3) is 0.567. The summed E-state index contributed by atoms with van der Waals surface area (Å²) in [7, 11) is 4.17. The Morgan fingerprint density at radius 3 is 0.920 bits per heavy atom. The van der Waals surface area contributed by atoms with Crippen molar-refractivity contribution in [3.8, 4) is 0 Å². The molecule has 2 bridgehead atoms. The molecule has 5 aliphatic rings. The van der Waals surface area contributed by atoms with E-state index in [2.05, 4.69) is 277 Å². The van der Waals surface area contributed by atoms with Gasteiger partial charge in [-0.1, -0.05) is 198 Å². The second kappa shape index (κ2) is 32.8. The zero-order valence-electron chi connectivity index (χ0n) is 75.1. The Kier molecular flexibility index (Phi) is 25.1. The van der Waals surface area contributed by atoms with Crippen molar-refractivity contribution in [2.24, 2.45) is 17.3 Å². The molecule has 15 rings (SSSR count). The molecule has 5 aromatic carbocycles. The molecule has 0 aliphatic heterocycles. The zero-order chi connectivity index (χ0) is 82.0. The normalized spacial score (nSPS) is 19.1. The van der Waals surface area contributed by atoms with E-state index >= 15 is 0 Å². The summed E-state index contributed by atoms with van der Waals surface area (Å²) in [4.78, 5) is 26.6. The second-order valence-corrected chi connectivity index (χ2v) is 41.7. The van der Waals surface area contributed by atoms with Crippen LogP contribution in [0.4, 0.5) is 14.5 Å². The van der Waals surface area contributed by atoms with E-state index in [1.165, 1.54) is 205 Å². The highest BCUT2D eigenvalue weighted by Crippen LogP contribution is 2.55. The molecule has 112 heavy (non-hydrogen) atoms. The number of nitrogens with zero attached hydrogens (tertiary/aromatic N) is 6. The Morgan fingerprint density at radius 1 is 0.330 bits per heavy atom. The van der Waals surface area contributed by atoms with E-state index in [-0.39, 0.29) is 45.8 Å². The predicted molar refractivity (Wildman–Crippen MR) is 479 cm³/mol. The highest BCUT2D eigenvalue weighted by atomic mass is 19.3. The maximum Gasteiger partial charge on any atom is 0.248 e. The molecule has 10 aromatic rings. The van der Waals surface area contributed by atoms with Crippen LogP contribution < -0.4 is 4.90 Å². The van der Waals surface area contributed by atoms with Crippen molar-refractivity contribution in [2.75, 3.05) is 19.0 Å². The number of fused-ring (bicyclic) bond motifs is 7. The molecule has 0 spiro atoms. The number of aryl methyl sites for hydroxylation is 10. The largest absolute Gasteiger partial charge is 0.376 e. The maximum absolute atomic E-state index is 13.6. The average molecular weight is 1510 g/mol. The van der Waals surface area contributed by atoms with Gasteiger partial charge in [0.1, 0.15) is 0 Å². The van der Waals surface area contributed by atoms with Crippen molar-refractivity contribution in [3.63, 3.8) is 0 Å². The van der Waals surface area contributed by atoms with Crippen LogP contribution in [0.1, 0.15) is 357 Å². The van der Waals surface area contributed by atoms with E-state index in [4.69, 9.17) is 24.9 Å². The summed E-state index contributed by atoms with van der Waals surface area (Å²) in [5.41, 5.74) is 33.6. The van der Waals surface area contributed by atoms with Gasteiger partial charge in [0.2, 0.25) is 5.92 Å². The van der Waals surface area contributed by atoms with Gasteiger partial charge in [-0.2, -0.15) is 0 Å². The molecule has 0 N–H and O–H groups in total. The van der Waals surface area contributed by atoms with Crippen LogP contribution in [0.2, 0.25) is 0 Å². The lowest BCUT2D eigenvalue weighted by Crippen LogP contribution is -2.24. The predicted octanol–water partition coefficient (Wildman–Crippen LogP) is 29.7. The molecular formula is C104H142F2N6. The van der Waals surface area contributed by atoms with Gasteiger partial charge in [0.15, 0.2) is 0 Å². The molecule has 8 heteroatoms. The Labute approximate surface area is 676 Å². The van der Waals surface area contributed by atoms with Gasteiger partial charge < -0.3 is 4.90 Å². The molecule has 5 saturated carbocycles. The molecule has 0 amide bonds. The molecule has 0 radical (unpaired) electrons. The Hall–Kier alpha value is -7.19. The molecule has 3 unspecified atom stereocenters. The standard InChI is InChI=1S/C23H33N.C22H29N.C21H27F2N.C21H29N.C17H24N2/c1-15-8-9-18-16(2)20(22(3,4)5)14-19(21(18)24-15)17-10-12-23(6,7)13-11-17;1-13-6-9-17-14(2)20(22(3,4)5)12-19(21(17)23-13)18-11-15-7-8-16(18)10-15;1-13-6-7-16-14(2)18(20(3,4)5)12-17(19(16)24-13)15-8-10-21(22,23)11-9-15;1-14-11-12-17-15(2)19(21(3,4)5)13-18(20(17)22-14)16-9-7-6-8-10-16;1-11-8-9-13-12(2)14(17(3,4)5)10-15(19(6)7)16(13)18-11/h8-9,14,17H,10-13H2,1-7H3;6,9,12,15-16,18H,7-8,10-11H2,1-5H3;6-7,12,15H,8-11H2,1-5H3;11-13,16H,6-10H2,1-5H3;8-10H,1-7H3. The van der Waals surface area contributed by atoms with Crippen molar-refractivity contribution in [1.29, 1.82) is 0 Å². The van der Waals surface area contributed by atoms with E-state index < -0.39 is 5.92 Å². The summed E-state index contributed by atoms with van der Waals surface area (Å²) in [6.45, 7) is 60.8. The SMILES string of the molecule is Cc1ccc2c(C)c(C(C)(C)C)cc(C3CC4CCC3C4)c2n1.Cc1ccc2c(C)c(C(C)(C)C)cc(C3CCC(C)(C)CC3)c2n1.Cc1ccc2c(C)c(C(C)(C)C)cc(C3CCC(F)(F)CC3)c2n1.Cc1ccc2c(C)c(C(C)(C)C)cc(C3CCCCC3)c2n1.Cc1ccc2c(C)c(C(C)(C)C)cc(N(C)C)c2n1. The van der Waals surface area contributed by atoms with E-state index in [0.29, 0.717) is 30.1 Å². The third kappa shape index (κ3) is 19.0. The highest BCUT2D eigenvalue weighted by molar-refractivity contribution is 5.95. The summed E-state index contributed by atoms with van der Waals surface area (Å²) in [6.07, 6.45) is 18.9. The van der Waals surface area contributed by atoms with Crippen LogP contribution >= 0.6 is 0 Å². The highest BCUT2D eigenvalue weighted by Gasteiger charge is 2.42. The minimum Gasteiger partial charge on any atom is -0.376 e. The average Bonchev–Trinajstić information content (AvgIpc) is 1.37. The smallest absolute Gasteiger partial charge is 0.248 e. The third-order valence-electron chi connectivity index (χ3n) is 26.7. The minimum atomic E-state index is -2.49. The van der Waals surface area contributed by atoms with Gasteiger partial charge in [-0.05, 0) is 322 Å². The van der Waals surface area contributed by atoms with Crippen molar-refractivity contribution in [3.05, 3.63) is 197 Å². The molecule has 3 atom stereocenters. The van der Waals surface area contributed by atoms with Gasteiger partial charge in [0, 0.05) is 82.3 Å². The first-order chi connectivity index (χ1) is 52.1. The van der Waals surface area contributed by atoms with Crippen LogP contribution in [-0.4, -0.2) is 44.9 Å². The number of rotatable bonds is 5. The summed E-state index contributed by atoms with van der Waals surface area (Å²) in [5.74, 6) is 1.68. The van der Waals surface area contributed by atoms with Crippen LogP contribution in [0, 0.1) is 86.5 Å². The van der Waals surface area contributed by atoms with E-state index in [0.717, 1.165) is 57.3 Å². The monoisotopic (exact) mass is 1510 g/mol. The molecule has 6 nitrogen and oxygen atoms in total. The fourth-order valence-corrected chi connectivity index (χ4v) is 20.3. The van der Waals surface area contributed by atoms with Crippen molar-refractivity contribution < 1.29 is 8.78 Å². The number of alkyl halides is 2. The molecule has 0 saturated heterocycles. The minimum absolute atomic E-state index is 0.0102. The lowest BCUT2D eigenvalue weighted by Gasteiger charge is -2.35. The fourth-order valence-electron chi connectivity index (χ4n) is 20.3. The van der Waals surface area contributed by atoms with Gasteiger partial charge in [0.25, 0.3) is 0 Å². The summed E-state index contributed by atoms with van der Waals surface area (Å²) >= 11 is 0. The second-order valence-electron chi connectivity index (χ2n) is 41.7. The van der Waals surface area contributed by atoms with Crippen molar-refractivity contribution >= 4 is 60.2 Å². The number of hydrogen-bond donors (Lipinski definition) is 0. The first kappa shape index (κ1) is 85.7. The quantitative estimate of drug-likeness (QED) is 0.171. The van der Waals surface area contributed by atoms with Crippen molar-refractivity contribution in [2.45, 2.75) is 353 Å². The van der Waals surface area contributed by atoms with Crippen LogP contribution in [-0.2, 0) is 27.1 Å².